The van der Waals surface area contributed by atoms with Crippen molar-refractivity contribution >= 4 is 0 Å². The average molecular weight is 264 g/mol. The first-order valence-electron chi connectivity index (χ1n) is 6.10. The molecule has 1 aromatic carbocycles. The number of rotatable bonds is 4. The van der Waals surface area contributed by atoms with Gasteiger partial charge in [0.25, 0.3) is 0 Å². The molecule has 0 saturated heterocycles. The Hall–Kier alpha value is -1.88. The molecule has 0 spiro atoms. The molecule has 1 atom stereocenters. The van der Waals surface area contributed by atoms with E-state index in [0.717, 1.165) is 0 Å². The third-order valence-corrected chi connectivity index (χ3v) is 3.18. The molecule has 0 amide bonds. The molecule has 0 radical (unpaired) electrons. The summed E-state index contributed by atoms with van der Waals surface area (Å²) in [6.45, 7) is 3.99. The molecule has 102 valence electrons. The Labute approximate surface area is 111 Å². The van der Waals surface area contributed by atoms with Crippen molar-refractivity contribution in [1.29, 1.82) is 0 Å². The van der Waals surface area contributed by atoms with Crippen LogP contribution in [0.3, 0.4) is 0 Å². The number of benzene rings is 1. The topological polar surface area (TPSA) is 47.3 Å². The lowest BCUT2D eigenvalue weighted by Crippen LogP contribution is -2.28. The third-order valence-electron chi connectivity index (χ3n) is 3.18. The molecule has 5 heteroatoms. The number of nitrogens with zero attached hydrogens (tertiary/aromatic N) is 2. The van der Waals surface area contributed by atoms with E-state index in [1.54, 1.807) is 22.9 Å². The van der Waals surface area contributed by atoms with Crippen molar-refractivity contribution in [3.8, 4) is 5.75 Å². The number of hydrogen-bond acceptors (Lipinski definition) is 3. The summed E-state index contributed by atoms with van der Waals surface area (Å²) in [6, 6.07) is 6.15. The second-order valence-electron chi connectivity index (χ2n) is 4.43. The smallest absolute Gasteiger partial charge is 0.163 e. The zero-order valence-electron chi connectivity index (χ0n) is 11.2. The van der Waals surface area contributed by atoms with Crippen LogP contribution in [0.15, 0.2) is 30.5 Å². The summed E-state index contributed by atoms with van der Waals surface area (Å²) in [7, 11) is 1.50. The first-order chi connectivity index (χ1) is 9.02. The van der Waals surface area contributed by atoms with Crippen molar-refractivity contribution in [2.24, 2.45) is 0 Å². The zero-order chi connectivity index (χ0) is 14.0. The van der Waals surface area contributed by atoms with Crippen LogP contribution >= 0.6 is 0 Å². The average Bonchev–Trinajstić information content (AvgIpc) is 2.82. The summed E-state index contributed by atoms with van der Waals surface area (Å²) in [5.74, 6) is -0.0199. The highest BCUT2D eigenvalue weighted by molar-refractivity contribution is 5.39. The SMILES string of the molecule is CCn1ncc(OC)c1C(C)(O)c1ccccc1F. The summed E-state index contributed by atoms with van der Waals surface area (Å²) in [5.41, 5.74) is -0.866. The molecular formula is C14H17FN2O2. The van der Waals surface area contributed by atoms with E-state index in [2.05, 4.69) is 5.10 Å². The van der Waals surface area contributed by atoms with Crippen molar-refractivity contribution in [2.75, 3.05) is 7.11 Å². The van der Waals surface area contributed by atoms with Gasteiger partial charge in [0.05, 0.1) is 13.3 Å². The highest BCUT2D eigenvalue weighted by Gasteiger charge is 2.35. The Bertz CT molecular complexity index is 557. The minimum atomic E-state index is -1.51. The zero-order valence-corrected chi connectivity index (χ0v) is 11.2. The predicted molar refractivity (Wildman–Crippen MR) is 69.5 cm³/mol. The lowest BCUT2D eigenvalue weighted by molar-refractivity contribution is 0.0845. The van der Waals surface area contributed by atoms with Gasteiger partial charge in [-0.3, -0.25) is 4.68 Å². The lowest BCUT2D eigenvalue weighted by Gasteiger charge is -2.26. The summed E-state index contributed by atoms with van der Waals surface area (Å²) in [6.07, 6.45) is 1.52. The molecule has 0 saturated carbocycles. The van der Waals surface area contributed by atoms with Gasteiger partial charge in [0.15, 0.2) is 5.75 Å². The van der Waals surface area contributed by atoms with Gasteiger partial charge in [0.2, 0.25) is 0 Å². The van der Waals surface area contributed by atoms with Gasteiger partial charge in [-0.25, -0.2) is 4.39 Å². The number of halogens is 1. The first-order valence-corrected chi connectivity index (χ1v) is 6.10. The fourth-order valence-corrected chi connectivity index (χ4v) is 2.23. The molecule has 1 unspecified atom stereocenters. The van der Waals surface area contributed by atoms with Crippen molar-refractivity contribution in [3.05, 3.63) is 47.5 Å². The highest BCUT2D eigenvalue weighted by atomic mass is 19.1. The molecule has 0 fully saturated rings. The van der Waals surface area contributed by atoms with Gasteiger partial charge in [0, 0.05) is 12.1 Å². The molecule has 0 aliphatic carbocycles. The fourth-order valence-electron chi connectivity index (χ4n) is 2.23. The molecule has 0 aliphatic rings. The molecule has 1 heterocycles. The van der Waals surface area contributed by atoms with Crippen LogP contribution in [0.2, 0.25) is 0 Å². The van der Waals surface area contributed by atoms with E-state index in [4.69, 9.17) is 4.74 Å². The summed E-state index contributed by atoms with van der Waals surface area (Å²) in [4.78, 5) is 0. The molecule has 2 rings (SSSR count). The number of aliphatic hydroxyl groups is 1. The van der Waals surface area contributed by atoms with Gasteiger partial charge >= 0.3 is 0 Å². The minimum Gasteiger partial charge on any atom is -0.493 e. The van der Waals surface area contributed by atoms with Crippen molar-refractivity contribution in [3.63, 3.8) is 0 Å². The Morgan fingerprint density at radius 2 is 2.11 bits per heavy atom. The van der Waals surface area contributed by atoms with Crippen LogP contribution in [0.4, 0.5) is 4.39 Å². The number of ether oxygens (including phenoxy) is 1. The predicted octanol–water partition coefficient (Wildman–Crippen LogP) is 2.31. The van der Waals surface area contributed by atoms with Crippen molar-refractivity contribution in [2.45, 2.75) is 26.0 Å². The summed E-state index contributed by atoms with van der Waals surface area (Å²) >= 11 is 0. The molecular weight excluding hydrogens is 247 g/mol. The largest absolute Gasteiger partial charge is 0.493 e. The maximum Gasteiger partial charge on any atom is 0.163 e. The van der Waals surface area contributed by atoms with Crippen LogP contribution in [0.25, 0.3) is 0 Å². The molecule has 4 nitrogen and oxygen atoms in total. The van der Waals surface area contributed by atoms with Gasteiger partial charge in [-0.2, -0.15) is 5.10 Å². The van der Waals surface area contributed by atoms with E-state index in [1.807, 2.05) is 6.92 Å². The maximum atomic E-state index is 13.9. The van der Waals surface area contributed by atoms with E-state index < -0.39 is 11.4 Å². The first kappa shape index (κ1) is 13.5. The van der Waals surface area contributed by atoms with Crippen molar-refractivity contribution < 1.29 is 14.2 Å². The Kier molecular flexibility index (Phi) is 3.57. The van der Waals surface area contributed by atoms with E-state index in [9.17, 15) is 9.50 Å². The van der Waals surface area contributed by atoms with Crippen LogP contribution < -0.4 is 4.74 Å². The van der Waals surface area contributed by atoms with E-state index in [0.29, 0.717) is 18.0 Å². The highest BCUT2D eigenvalue weighted by Crippen LogP contribution is 2.36. The van der Waals surface area contributed by atoms with E-state index in [1.165, 1.54) is 26.3 Å². The molecule has 1 aromatic heterocycles. The second-order valence-corrected chi connectivity index (χ2v) is 4.43. The number of methoxy groups -OCH3 is 1. The molecule has 0 bridgehead atoms. The third kappa shape index (κ3) is 2.21. The number of hydrogen-bond donors (Lipinski definition) is 1. The van der Waals surface area contributed by atoms with E-state index >= 15 is 0 Å². The minimum absolute atomic E-state index is 0.198. The van der Waals surface area contributed by atoms with Crippen LogP contribution in [-0.4, -0.2) is 22.0 Å². The van der Waals surface area contributed by atoms with Crippen LogP contribution in [0, 0.1) is 5.82 Å². The van der Waals surface area contributed by atoms with Gasteiger partial charge in [0.1, 0.15) is 17.1 Å². The molecule has 19 heavy (non-hydrogen) atoms. The normalized spacial score (nSPS) is 14.2. The Morgan fingerprint density at radius 1 is 1.42 bits per heavy atom. The van der Waals surface area contributed by atoms with Crippen molar-refractivity contribution in [1.82, 2.24) is 9.78 Å². The van der Waals surface area contributed by atoms with Gasteiger partial charge in [-0.05, 0) is 19.9 Å². The standard InChI is InChI=1S/C14H17FN2O2/c1-4-17-13(12(19-3)9-16-17)14(2,18)10-7-5-6-8-11(10)15/h5-9,18H,4H2,1-3H3. The Morgan fingerprint density at radius 3 is 2.68 bits per heavy atom. The maximum absolute atomic E-state index is 13.9. The molecule has 2 aromatic rings. The summed E-state index contributed by atoms with van der Waals surface area (Å²) in [5, 5.41) is 14.9. The van der Waals surface area contributed by atoms with Gasteiger partial charge in [-0.15, -0.1) is 0 Å². The fraction of sp³-hybridized carbons (Fsp3) is 0.357. The monoisotopic (exact) mass is 264 g/mol. The second kappa shape index (κ2) is 5.01. The molecule has 1 N–H and O–H groups in total. The number of aryl methyl sites for hydroxylation is 1. The van der Waals surface area contributed by atoms with Crippen LogP contribution in [0.1, 0.15) is 25.1 Å². The number of aromatic nitrogens is 2. The van der Waals surface area contributed by atoms with Gasteiger partial charge < -0.3 is 9.84 Å². The van der Waals surface area contributed by atoms with E-state index in [-0.39, 0.29) is 5.56 Å². The molecule has 0 aliphatic heterocycles. The Balaban J connectivity index is 2.62. The van der Waals surface area contributed by atoms with Crippen LogP contribution in [0.5, 0.6) is 5.75 Å². The summed E-state index contributed by atoms with van der Waals surface area (Å²) < 4.78 is 20.7. The lowest BCUT2D eigenvalue weighted by atomic mass is 9.91. The quantitative estimate of drug-likeness (QED) is 0.921. The van der Waals surface area contributed by atoms with Gasteiger partial charge in [-0.1, -0.05) is 18.2 Å². The van der Waals surface area contributed by atoms with Crippen LogP contribution in [-0.2, 0) is 12.1 Å².